The van der Waals surface area contributed by atoms with Crippen LogP contribution in [0.25, 0.3) is 5.69 Å². The molecule has 0 unspecified atom stereocenters. The summed E-state index contributed by atoms with van der Waals surface area (Å²) in [7, 11) is 0. The van der Waals surface area contributed by atoms with E-state index in [1.165, 1.54) is 5.56 Å². The van der Waals surface area contributed by atoms with Gasteiger partial charge in [0.1, 0.15) is 0 Å². The van der Waals surface area contributed by atoms with Gasteiger partial charge in [-0.25, -0.2) is 4.98 Å². The average Bonchev–Trinajstić information content (AvgIpc) is 3.21. The molecule has 1 saturated heterocycles. The van der Waals surface area contributed by atoms with Crippen LogP contribution in [0.1, 0.15) is 11.1 Å². The quantitative estimate of drug-likeness (QED) is 0.676. The summed E-state index contributed by atoms with van der Waals surface area (Å²) in [5.41, 5.74) is 4.15. The number of anilines is 2. The Kier molecular flexibility index (Phi) is 6.06. The lowest BCUT2D eigenvalue weighted by Crippen LogP contribution is -2.49. The van der Waals surface area contributed by atoms with Gasteiger partial charge in [-0.2, -0.15) is 0 Å². The highest BCUT2D eigenvalue weighted by atomic mass is 35.5. The molecule has 156 valence electrons. The first-order chi connectivity index (χ1) is 14.5. The van der Waals surface area contributed by atoms with Crippen molar-refractivity contribution in [3.05, 3.63) is 71.0 Å². The number of carbonyl (C=O) groups is 1. The number of nitrogens with zero attached hydrogens (tertiary/aromatic N) is 4. The summed E-state index contributed by atoms with van der Waals surface area (Å²) in [4.78, 5) is 21.5. The van der Waals surface area contributed by atoms with Crippen molar-refractivity contribution in [2.24, 2.45) is 0 Å². The zero-order valence-corrected chi connectivity index (χ0v) is 18.1. The number of benzene rings is 2. The Balaban J connectivity index is 1.35. The Hall–Kier alpha value is -2.83. The number of hydrogen-bond acceptors (Lipinski definition) is 4. The van der Waals surface area contributed by atoms with E-state index in [1.807, 2.05) is 49.5 Å². The van der Waals surface area contributed by atoms with Gasteiger partial charge in [-0.05, 0) is 43.7 Å². The van der Waals surface area contributed by atoms with Crippen molar-refractivity contribution in [2.45, 2.75) is 13.8 Å². The Labute approximate surface area is 182 Å². The lowest BCUT2D eigenvalue weighted by Gasteiger charge is -2.35. The third-order valence-electron chi connectivity index (χ3n) is 5.39. The molecule has 0 atom stereocenters. The fraction of sp³-hybridized carbons (Fsp3) is 0.304. The van der Waals surface area contributed by atoms with Crippen LogP contribution in [0.2, 0.25) is 5.02 Å². The van der Waals surface area contributed by atoms with Crippen LogP contribution in [0.4, 0.5) is 11.6 Å². The van der Waals surface area contributed by atoms with Crippen molar-refractivity contribution in [1.82, 2.24) is 14.5 Å². The molecule has 0 aliphatic carbocycles. The molecular weight excluding hydrogens is 398 g/mol. The van der Waals surface area contributed by atoms with Gasteiger partial charge in [-0.3, -0.25) is 14.3 Å². The van der Waals surface area contributed by atoms with Crippen molar-refractivity contribution >= 4 is 29.1 Å². The summed E-state index contributed by atoms with van der Waals surface area (Å²) in [6.45, 7) is 7.71. The van der Waals surface area contributed by atoms with Crippen LogP contribution in [0.3, 0.4) is 0 Å². The van der Waals surface area contributed by atoms with Gasteiger partial charge in [0.15, 0.2) is 0 Å². The van der Waals surface area contributed by atoms with Crippen LogP contribution in [0.5, 0.6) is 0 Å². The van der Waals surface area contributed by atoms with Crippen molar-refractivity contribution < 1.29 is 4.79 Å². The number of aryl methyl sites for hydroxylation is 2. The molecule has 3 aromatic rings. The molecule has 7 heteroatoms. The van der Waals surface area contributed by atoms with Crippen LogP contribution in [0.15, 0.2) is 54.9 Å². The average molecular weight is 424 g/mol. The molecule has 2 aromatic carbocycles. The van der Waals surface area contributed by atoms with Gasteiger partial charge in [0.2, 0.25) is 11.9 Å². The van der Waals surface area contributed by atoms with Crippen LogP contribution >= 0.6 is 11.6 Å². The first-order valence-electron chi connectivity index (χ1n) is 10.1. The number of hydrogen-bond donors (Lipinski definition) is 1. The van der Waals surface area contributed by atoms with Gasteiger partial charge < -0.3 is 10.2 Å². The fourth-order valence-electron chi connectivity index (χ4n) is 3.81. The standard InChI is InChI=1S/C23H26ClN5O/c1-17-6-7-21(18(2)14-17)26-22(30)16-27-10-12-28(13-11-27)23-25-8-9-29(23)20-5-3-4-19(24)15-20/h3-9,14-15H,10-13,16H2,1-2H3,(H,26,30). The maximum atomic E-state index is 12.5. The minimum absolute atomic E-state index is 0.0239. The molecule has 30 heavy (non-hydrogen) atoms. The Bertz CT molecular complexity index is 1040. The Morgan fingerprint density at radius 3 is 2.63 bits per heavy atom. The Morgan fingerprint density at radius 1 is 1.10 bits per heavy atom. The van der Waals surface area contributed by atoms with Crippen LogP contribution in [-0.4, -0.2) is 53.1 Å². The van der Waals surface area contributed by atoms with Gasteiger partial charge in [0.25, 0.3) is 0 Å². The normalized spacial score (nSPS) is 14.7. The van der Waals surface area contributed by atoms with Crippen LogP contribution in [-0.2, 0) is 4.79 Å². The maximum Gasteiger partial charge on any atom is 0.238 e. The fourth-order valence-corrected chi connectivity index (χ4v) is 3.99. The maximum absolute atomic E-state index is 12.5. The molecule has 0 bridgehead atoms. The van der Waals surface area contributed by atoms with Crippen molar-refractivity contribution in [3.8, 4) is 5.69 Å². The lowest BCUT2D eigenvalue weighted by atomic mass is 10.1. The van der Waals surface area contributed by atoms with Gasteiger partial charge in [0.05, 0.1) is 6.54 Å². The summed E-state index contributed by atoms with van der Waals surface area (Å²) in [5.74, 6) is 0.924. The van der Waals surface area contributed by atoms with E-state index in [0.717, 1.165) is 49.1 Å². The van der Waals surface area contributed by atoms with E-state index >= 15 is 0 Å². The van der Waals surface area contributed by atoms with E-state index in [1.54, 1.807) is 6.20 Å². The molecular formula is C23H26ClN5O. The smallest absolute Gasteiger partial charge is 0.238 e. The molecule has 4 rings (SSSR count). The zero-order chi connectivity index (χ0) is 21.1. The van der Waals surface area contributed by atoms with Gasteiger partial charge in [-0.1, -0.05) is 35.4 Å². The summed E-state index contributed by atoms with van der Waals surface area (Å²) >= 11 is 6.15. The van der Waals surface area contributed by atoms with E-state index in [2.05, 4.69) is 37.7 Å². The number of amides is 1. The molecule has 1 aliphatic heterocycles. The molecule has 1 aliphatic rings. The second-order valence-electron chi connectivity index (χ2n) is 7.71. The second-order valence-corrected chi connectivity index (χ2v) is 8.14. The third kappa shape index (κ3) is 4.66. The minimum Gasteiger partial charge on any atom is -0.339 e. The topological polar surface area (TPSA) is 53.4 Å². The second kappa shape index (κ2) is 8.90. The number of rotatable bonds is 5. The van der Waals surface area contributed by atoms with E-state index in [4.69, 9.17) is 11.6 Å². The monoisotopic (exact) mass is 423 g/mol. The van der Waals surface area contributed by atoms with E-state index < -0.39 is 0 Å². The number of piperazine rings is 1. The molecule has 1 amide bonds. The molecule has 1 fully saturated rings. The number of nitrogens with one attached hydrogen (secondary N) is 1. The van der Waals surface area contributed by atoms with Crippen LogP contribution < -0.4 is 10.2 Å². The molecule has 1 aromatic heterocycles. The van der Waals surface area contributed by atoms with E-state index in [0.29, 0.717) is 11.6 Å². The highest BCUT2D eigenvalue weighted by Crippen LogP contribution is 2.22. The number of carbonyl (C=O) groups excluding carboxylic acids is 1. The third-order valence-corrected chi connectivity index (χ3v) is 5.62. The molecule has 0 saturated carbocycles. The summed E-state index contributed by atoms with van der Waals surface area (Å²) in [5, 5.41) is 3.74. The predicted molar refractivity (Wildman–Crippen MR) is 122 cm³/mol. The number of aromatic nitrogens is 2. The summed E-state index contributed by atoms with van der Waals surface area (Å²) in [6.07, 6.45) is 3.75. The Morgan fingerprint density at radius 2 is 1.90 bits per heavy atom. The largest absolute Gasteiger partial charge is 0.339 e. The molecule has 0 radical (unpaired) electrons. The summed E-state index contributed by atoms with van der Waals surface area (Å²) in [6, 6.07) is 13.8. The first-order valence-corrected chi connectivity index (χ1v) is 10.5. The van der Waals surface area contributed by atoms with Gasteiger partial charge >= 0.3 is 0 Å². The number of imidazole rings is 1. The van der Waals surface area contributed by atoms with Gasteiger partial charge in [-0.15, -0.1) is 0 Å². The van der Waals surface area contributed by atoms with Crippen molar-refractivity contribution in [1.29, 1.82) is 0 Å². The molecule has 1 N–H and O–H groups in total. The molecule has 2 heterocycles. The summed E-state index contributed by atoms with van der Waals surface area (Å²) < 4.78 is 2.05. The van der Waals surface area contributed by atoms with E-state index in [9.17, 15) is 4.79 Å². The van der Waals surface area contributed by atoms with Crippen molar-refractivity contribution in [3.63, 3.8) is 0 Å². The lowest BCUT2D eigenvalue weighted by molar-refractivity contribution is -0.117. The first kappa shape index (κ1) is 20.4. The highest BCUT2D eigenvalue weighted by Gasteiger charge is 2.22. The number of halogens is 1. The van der Waals surface area contributed by atoms with Crippen LogP contribution in [0, 0.1) is 13.8 Å². The molecule has 0 spiro atoms. The van der Waals surface area contributed by atoms with E-state index in [-0.39, 0.29) is 5.91 Å². The molecule has 6 nitrogen and oxygen atoms in total. The van der Waals surface area contributed by atoms with Crippen molar-refractivity contribution in [2.75, 3.05) is 42.9 Å². The minimum atomic E-state index is 0.0239. The SMILES string of the molecule is Cc1ccc(NC(=O)CN2CCN(c3nccn3-c3cccc(Cl)c3)CC2)c(C)c1. The zero-order valence-electron chi connectivity index (χ0n) is 17.3. The highest BCUT2D eigenvalue weighted by molar-refractivity contribution is 6.30. The predicted octanol–water partition coefficient (Wildman–Crippen LogP) is 3.90. The van der Waals surface area contributed by atoms with Gasteiger partial charge in [0, 0.05) is 55.0 Å².